The zero-order valence-electron chi connectivity index (χ0n) is 16.9. The van der Waals surface area contributed by atoms with Crippen molar-refractivity contribution in [2.75, 3.05) is 10.6 Å². The molecule has 4 aromatic heterocycles. The SMILES string of the molecule is C=CC(=O)N[C@H]1CC[C@@H](Nc2nc(Nc3ccc4nccn4c3)nc3ccsc23)CC1. The third-order valence-electron chi connectivity index (χ3n) is 5.55. The molecule has 0 unspecified atom stereocenters. The molecule has 1 fully saturated rings. The Hall–Kier alpha value is -3.46. The van der Waals surface area contributed by atoms with Crippen LogP contribution in [0, 0.1) is 0 Å². The van der Waals surface area contributed by atoms with Crippen molar-refractivity contribution in [1.82, 2.24) is 24.7 Å². The van der Waals surface area contributed by atoms with Gasteiger partial charge in [-0.3, -0.25) is 4.79 Å². The lowest BCUT2D eigenvalue weighted by atomic mass is 9.91. The lowest BCUT2D eigenvalue weighted by Crippen LogP contribution is -2.39. The Morgan fingerprint density at radius 3 is 2.84 bits per heavy atom. The van der Waals surface area contributed by atoms with Gasteiger partial charge in [-0.15, -0.1) is 11.3 Å². The highest BCUT2D eigenvalue weighted by molar-refractivity contribution is 7.17. The molecule has 0 aliphatic heterocycles. The number of thiophene rings is 1. The molecular weight excluding hydrogens is 410 g/mol. The van der Waals surface area contributed by atoms with E-state index in [-0.39, 0.29) is 11.9 Å². The van der Waals surface area contributed by atoms with E-state index < -0.39 is 0 Å². The summed E-state index contributed by atoms with van der Waals surface area (Å²) < 4.78 is 3.01. The van der Waals surface area contributed by atoms with Crippen molar-refractivity contribution in [2.45, 2.75) is 37.8 Å². The Morgan fingerprint density at radius 2 is 2.00 bits per heavy atom. The molecule has 0 saturated heterocycles. The normalized spacial score (nSPS) is 18.7. The zero-order valence-corrected chi connectivity index (χ0v) is 17.7. The molecule has 31 heavy (non-hydrogen) atoms. The highest BCUT2D eigenvalue weighted by Gasteiger charge is 2.23. The molecule has 4 heterocycles. The average Bonchev–Trinajstić information content (AvgIpc) is 3.44. The van der Waals surface area contributed by atoms with Crippen LogP contribution in [0.4, 0.5) is 17.5 Å². The van der Waals surface area contributed by atoms with E-state index in [1.54, 1.807) is 17.5 Å². The number of fused-ring (bicyclic) bond motifs is 2. The van der Waals surface area contributed by atoms with Crippen LogP contribution in [0.1, 0.15) is 25.7 Å². The largest absolute Gasteiger partial charge is 0.366 e. The summed E-state index contributed by atoms with van der Waals surface area (Å²) in [5.41, 5.74) is 2.70. The van der Waals surface area contributed by atoms with E-state index in [0.29, 0.717) is 12.0 Å². The van der Waals surface area contributed by atoms with Gasteiger partial charge in [0.05, 0.1) is 15.9 Å². The van der Waals surface area contributed by atoms with Gasteiger partial charge in [0.15, 0.2) is 0 Å². The first-order valence-corrected chi connectivity index (χ1v) is 11.2. The molecule has 0 aromatic carbocycles. The molecule has 1 aliphatic carbocycles. The Balaban J connectivity index is 1.32. The highest BCUT2D eigenvalue weighted by Crippen LogP contribution is 2.31. The maximum Gasteiger partial charge on any atom is 0.243 e. The molecule has 0 radical (unpaired) electrons. The van der Waals surface area contributed by atoms with Crippen molar-refractivity contribution < 1.29 is 4.79 Å². The number of nitrogens with zero attached hydrogens (tertiary/aromatic N) is 4. The second-order valence-corrected chi connectivity index (χ2v) is 8.59. The average molecular weight is 434 g/mol. The number of amides is 1. The number of anilines is 3. The Kier molecular flexibility index (Phi) is 5.25. The summed E-state index contributed by atoms with van der Waals surface area (Å²) >= 11 is 1.64. The molecule has 8 nitrogen and oxygen atoms in total. The van der Waals surface area contributed by atoms with Crippen LogP contribution >= 0.6 is 11.3 Å². The van der Waals surface area contributed by atoms with Crippen molar-refractivity contribution in [3.05, 3.63) is 54.8 Å². The van der Waals surface area contributed by atoms with E-state index in [1.807, 2.05) is 40.4 Å². The summed E-state index contributed by atoms with van der Waals surface area (Å²) in [6, 6.07) is 6.46. The molecule has 0 bridgehead atoms. The number of pyridine rings is 1. The monoisotopic (exact) mass is 433 g/mol. The molecule has 1 aliphatic rings. The molecule has 1 saturated carbocycles. The predicted molar refractivity (Wildman–Crippen MR) is 124 cm³/mol. The van der Waals surface area contributed by atoms with E-state index in [4.69, 9.17) is 4.98 Å². The summed E-state index contributed by atoms with van der Waals surface area (Å²) in [6.45, 7) is 3.52. The fraction of sp³-hybridized carbons (Fsp3) is 0.273. The van der Waals surface area contributed by atoms with Crippen molar-refractivity contribution in [3.63, 3.8) is 0 Å². The number of carbonyl (C=O) groups is 1. The van der Waals surface area contributed by atoms with Crippen LogP contribution in [0.25, 0.3) is 15.9 Å². The number of hydrogen-bond donors (Lipinski definition) is 3. The van der Waals surface area contributed by atoms with Crippen LogP contribution in [0.5, 0.6) is 0 Å². The smallest absolute Gasteiger partial charge is 0.243 e. The molecular formula is C22H23N7OS. The number of hydrogen-bond acceptors (Lipinski definition) is 7. The van der Waals surface area contributed by atoms with Gasteiger partial charge in [-0.1, -0.05) is 6.58 Å². The van der Waals surface area contributed by atoms with Crippen LogP contribution < -0.4 is 16.0 Å². The van der Waals surface area contributed by atoms with Gasteiger partial charge in [0, 0.05) is 30.7 Å². The van der Waals surface area contributed by atoms with Crippen molar-refractivity contribution in [1.29, 1.82) is 0 Å². The number of nitrogens with one attached hydrogen (secondary N) is 3. The van der Waals surface area contributed by atoms with Gasteiger partial charge < -0.3 is 20.4 Å². The van der Waals surface area contributed by atoms with Crippen LogP contribution in [-0.2, 0) is 4.79 Å². The standard InChI is InChI=1S/C22H23N7OS/c1-2-19(30)24-14-3-5-15(6-4-14)25-21-20-17(9-12-31-20)27-22(28-21)26-16-7-8-18-23-10-11-29(18)13-16/h2,7-15H,1,3-6H2,(H,24,30)(H2,25,26,27,28)/t14-,15+. The zero-order chi connectivity index (χ0) is 21.2. The fourth-order valence-corrected chi connectivity index (χ4v) is 4.76. The van der Waals surface area contributed by atoms with Crippen LogP contribution in [0.2, 0.25) is 0 Å². The molecule has 158 valence electrons. The number of imidazole rings is 1. The maximum atomic E-state index is 11.5. The van der Waals surface area contributed by atoms with Gasteiger partial charge in [-0.2, -0.15) is 4.98 Å². The fourth-order valence-electron chi connectivity index (χ4n) is 3.98. The number of rotatable bonds is 6. The summed E-state index contributed by atoms with van der Waals surface area (Å²) in [7, 11) is 0. The number of carbonyl (C=O) groups excluding carboxylic acids is 1. The molecule has 4 aromatic rings. The Bertz CT molecular complexity index is 1240. The highest BCUT2D eigenvalue weighted by atomic mass is 32.1. The minimum absolute atomic E-state index is 0.0999. The third kappa shape index (κ3) is 4.22. The van der Waals surface area contributed by atoms with Gasteiger partial charge in [0.2, 0.25) is 11.9 Å². The van der Waals surface area contributed by atoms with Gasteiger partial charge in [0.1, 0.15) is 11.5 Å². The van der Waals surface area contributed by atoms with Gasteiger partial charge in [-0.25, -0.2) is 9.97 Å². The second-order valence-electron chi connectivity index (χ2n) is 7.67. The second kappa shape index (κ2) is 8.35. The molecule has 9 heteroatoms. The van der Waals surface area contributed by atoms with Crippen molar-refractivity contribution in [2.24, 2.45) is 0 Å². The predicted octanol–water partition coefficient (Wildman–Crippen LogP) is 4.11. The van der Waals surface area contributed by atoms with Gasteiger partial charge in [0.25, 0.3) is 0 Å². The van der Waals surface area contributed by atoms with E-state index >= 15 is 0 Å². The van der Waals surface area contributed by atoms with Crippen LogP contribution in [0.15, 0.2) is 54.8 Å². The lowest BCUT2D eigenvalue weighted by Gasteiger charge is -2.29. The van der Waals surface area contributed by atoms with E-state index in [2.05, 4.69) is 32.5 Å². The van der Waals surface area contributed by atoms with E-state index in [1.165, 1.54) is 6.08 Å². The maximum absolute atomic E-state index is 11.5. The Labute approximate surface area is 183 Å². The molecule has 5 rings (SSSR count). The molecule has 3 N–H and O–H groups in total. The van der Waals surface area contributed by atoms with E-state index in [9.17, 15) is 4.79 Å². The van der Waals surface area contributed by atoms with Gasteiger partial charge >= 0.3 is 0 Å². The number of aromatic nitrogens is 4. The van der Waals surface area contributed by atoms with Crippen LogP contribution in [-0.4, -0.2) is 37.3 Å². The van der Waals surface area contributed by atoms with Crippen LogP contribution in [0.3, 0.4) is 0 Å². The minimum Gasteiger partial charge on any atom is -0.366 e. The summed E-state index contributed by atoms with van der Waals surface area (Å²) in [6.07, 6.45) is 10.8. The first-order chi connectivity index (χ1) is 15.2. The first kappa shape index (κ1) is 19.5. The Morgan fingerprint density at radius 1 is 1.16 bits per heavy atom. The summed E-state index contributed by atoms with van der Waals surface area (Å²) in [5, 5.41) is 12.0. The lowest BCUT2D eigenvalue weighted by molar-refractivity contribution is -0.117. The van der Waals surface area contributed by atoms with Crippen molar-refractivity contribution >= 4 is 50.6 Å². The topological polar surface area (TPSA) is 96.2 Å². The quantitative estimate of drug-likeness (QED) is 0.396. The van der Waals surface area contributed by atoms with Crippen molar-refractivity contribution in [3.8, 4) is 0 Å². The minimum atomic E-state index is -0.0999. The molecule has 0 atom stereocenters. The summed E-state index contributed by atoms with van der Waals surface area (Å²) in [4.78, 5) is 25.3. The van der Waals surface area contributed by atoms with E-state index in [0.717, 1.165) is 53.1 Å². The molecule has 1 amide bonds. The summed E-state index contributed by atoms with van der Waals surface area (Å²) in [5.74, 6) is 1.31. The first-order valence-electron chi connectivity index (χ1n) is 10.3. The van der Waals surface area contributed by atoms with Gasteiger partial charge in [-0.05, 0) is 55.3 Å². The third-order valence-corrected chi connectivity index (χ3v) is 6.46. The molecule has 0 spiro atoms.